The molecular formula is C12H12BrNO2. The zero-order valence-corrected chi connectivity index (χ0v) is 10.4. The van der Waals surface area contributed by atoms with E-state index in [0.717, 1.165) is 18.7 Å². The van der Waals surface area contributed by atoms with Crippen molar-refractivity contribution in [2.75, 3.05) is 16.8 Å². The average molecular weight is 282 g/mol. The van der Waals surface area contributed by atoms with Crippen molar-refractivity contribution in [2.45, 2.75) is 12.8 Å². The van der Waals surface area contributed by atoms with Gasteiger partial charge in [0.1, 0.15) is 0 Å². The lowest BCUT2D eigenvalue weighted by molar-refractivity contribution is -0.117. The number of alkyl halides is 1. The Hall–Kier alpha value is -1.16. The Kier molecular flexibility index (Phi) is 3.39. The summed E-state index contributed by atoms with van der Waals surface area (Å²) in [5.41, 5.74) is 1.56. The molecule has 1 heterocycles. The number of hydrogen-bond donors (Lipinski definition) is 0. The normalized spacial score (nSPS) is 15.6. The maximum atomic E-state index is 11.5. The fourth-order valence-electron chi connectivity index (χ4n) is 1.83. The van der Waals surface area contributed by atoms with Crippen molar-refractivity contribution in [3.8, 4) is 0 Å². The van der Waals surface area contributed by atoms with E-state index in [4.69, 9.17) is 0 Å². The summed E-state index contributed by atoms with van der Waals surface area (Å²) in [4.78, 5) is 24.7. The first-order chi connectivity index (χ1) is 7.72. The standard InChI is InChI=1S/C12H12BrNO2/c13-8-11(15)9-3-5-10(6-4-9)14-7-1-2-12(14)16/h3-6H,1-2,7-8H2. The van der Waals surface area contributed by atoms with Crippen molar-refractivity contribution < 1.29 is 9.59 Å². The van der Waals surface area contributed by atoms with E-state index in [1.165, 1.54) is 0 Å². The molecule has 0 N–H and O–H groups in total. The second-order valence-electron chi connectivity index (χ2n) is 3.75. The number of carbonyl (C=O) groups is 2. The predicted molar refractivity (Wildman–Crippen MR) is 66.2 cm³/mol. The van der Waals surface area contributed by atoms with E-state index in [1.807, 2.05) is 12.1 Å². The zero-order valence-electron chi connectivity index (χ0n) is 8.78. The van der Waals surface area contributed by atoms with E-state index < -0.39 is 0 Å². The Balaban J connectivity index is 2.19. The third-order valence-corrected chi connectivity index (χ3v) is 3.21. The van der Waals surface area contributed by atoms with Gasteiger partial charge >= 0.3 is 0 Å². The SMILES string of the molecule is O=C(CBr)c1ccc(N2CCCC2=O)cc1. The fraction of sp³-hybridized carbons (Fsp3) is 0.333. The quantitative estimate of drug-likeness (QED) is 0.630. The molecule has 1 amide bonds. The topological polar surface area (TPSA) is 37.4 Å². The Morgan fingerprint density at radius 3 is 2.50 bits per heavy atom. The van der Waals surface area contributed by atoms with Crippen LogP contribution in [0.1, 0.15) is 23.2 Å². The minimum absolute atomic E-state index is 0.0549. The van der Waals surface area contributed by atoms with Crippen LogP contribution in [0, 0.1) is 0 Å². The number of halogens is 1. The van der Waals surface area contributed by atoms with E-state index in [1.54, 1.807) is 17.0 Å². The Morgan fingerprint density at radius 2 is 2.00 bits per heavy atom. The Bertz CT molecular complexity index is 414. The van der Waals surface area contributed by atoms with Gasteiger partial charge in [-0.1, -0.05) is 15.9 Å². The number of amides is 1. The second kappa shape index (κ2) is 4.78. The summed E-state index contributed by atoms with van der Waals surface area (Å²) in [5, 5.41) is 0.328. The highest BCUT2D eigenvalue weighted by molar-refractivity contribution is 9.09. The van der Waals surface area contributed by atoms with Gasteiger partial charge in [0.2, 0.25) is 5.91 Å². The highest BCUT2D eigenvalue weighted by atomic mass is 79.9. The van der Waals surface area contributed by atoms with E-state index in [2.05, 4.69) is 15.9 Å². The number of ketones is 1. The number of rotatable bonds is 3. The predicted octanol–water partition coefficient (Wildman–Crippen LogP) is 2.39. The van der Waals surface area contributed by atoms with Gasteiger partial charge in [0.05, 0.1) is 5.33 Å². The van der Waals surface area contributed by atoms with Crippen LogP contribution in [0.4, 0.5) is 5.69 Å². The molecule has 1 saturated heterocycles. The van der Waals surface area contributed by atoms with Crippen molar-refractivity contribution in [3.05, 3.63) is 29.8 Å². The molecule has 0 spiro atoms. The number of carbonyl (C=O) groups excluding carboxylic acids is 2. The summed E-state index contributed by atoms with van der Waals surface area (Å²) in [6, 6.07) is 7.20. The molecule has 1 aliphatic heterocycles. The van der Waals surface area contributed by atoms with Crippen molar-refractivity contribution in [3.63, 3.8) is 0 Å². The number of anilines is 1. The lowest BCUT2D eigenvalue weighted by Gasteiger charge is -2.15. The molecule has 4 heteroatoms. The zero-order chi connectivity index (χ0) is 11.5. The fourth-order valence-corrected chi connectivity index (χ4v) is 2.15. The third kappa shape index (κ3) is 2.16. The van der Waals surface area contributed by atoms with Crippen molar-refractivity contribution in [2.24, 2.45) is 0 Å². The lowest BCUT2D eigenvalue weighted by Crippen LogP contribution is -2.23. The summed E-state index contributed by atoms with van der Waals surface area (Å²) in [6.45, 7) is 0.782. The highest BCUT2D eigenvalue weighted by Crippen LogP contribution is 2.21. The molecule has 1 aromatic rings. The minimum Gasteiger partial charge on any atom is -0.312 e. The monoisotopic (exact) mass is 281 g/mol. The number of Topliss-reactive ketones (excluding diaryl/α,β-unsaturated/α-hetero) is 1. The Morgan fingerprint density at radius 1 is 1.31 bits per heavy atom. The van der Waals surface area contributed by atoms with Crippen LogP contribution in [0.2, 0.25) is 0 Å². The van der Waals surface area contributed by atoms with E-state index in [9.17, 15) is 9.59 Å². The van der Waals surface area contributed by atoms with Crippen LogP contribution >= 0.6 is 15.9 Å². The molecular weight excluding hydrogens is 270 g/mol. The largest absolute Gasteiger partial charge is 0.312 e. The lowest BCUT2D eigenvalue weighted by atomic mass is 10.1. The Labute approximate surface area is 103 Å². The van der Waals surface area contributed by atoms with Gasteiger partial charge in [0.25, 0.3) is 0 Å². The third-order valence-electron chi connectivity index (χ3n) is 2.70. The van der Waals surface area contributed by atoms with Gasteiger partial charge in [-0.25, -0.2) is 0 Å². The van der Waals surface area contributed by atoms with Gasteiger partial charge in [-0.15, -0.1) is 0 Å². The molecule has 84 valence electrons. The molecule has 1 aliphatic rings. The van der Waals surface area contributed by atoms with Gasteiger partial charge < -0.3 is 4.90 Å². The molecule has 0 atom stereocenters. The van der Waals surface area contributed by atoms with Gasteiger partial charge in [-0.05, 0) is 30.7 Å². The average Bonchev–Trinajstić information content (AvgIpc) is 2.75. The molecule has 3 nitrogen and oxygen atoms in total. The smallest absolute Gasteiger partial charge is 0.227 e. The van der Waals surface area contributed by atoms with Gasteiger partial charge in [0, 0.05) is 24.2 Å². The number of benzene rings is 1. The van der Waals surface area contributed by atoms with Crippen molar-refractivity contribution >= 4 is 33.3 Å². The number of hydrogen-bond acceptors (Lipinski definition) is 2. The van der Waals surface area contributed by atoms with Crippen molar-refractivity contribution in [1.82, 2.24) is 0 Å². The maximum absolute atomic E-state index is 11.5. The first-order valence-corrected chi connectivity index (χ1v) is 6.34. The van der Waals surface area contributed by atoms with Crippen LogP contribution in [0.3, 0.4) is 0 Å². The molecule has 2 rings (SSSR count). The number of nitrogens with zero attached hydrogens (tertiary/aromatic N) is 1. The first-order valence-electron chi connectivity index (χ1n) is 5.22. The molecule has 1 aromatic carbocycles. The summed E-state index contributed by atoms with van der Waals surface area (Å²) in [7, 11) is 0. The van der Waals surface area contributed by atoms with Gasteiger partial charge in [-0.3, -0.25) is 9.59 Å². The van der Waals surface area contributed by atoms with Crippen LogP contribution in [-0.2, 0) is 4.79 Å². The molecule has 0 unspecified atom stereocenters. The van der Waals surface area contributed by atoms with Crippen molar-refractivity contribution in [1.29, 1.82) is 0 Å². The molecule has 16 heavy (non-hydrogen) atoms. The van der Waals surface area contributed by atoms with E-state index in [0.29, 0.717) is 17.3 Å². The first kappa shape index (κ1) is 11.3. The molecule has 0 aliphatic carbocycles. The molecule has 0 bridgehead atoms. The van der Waals surface area contributed by atoms with Gasteiger partial charge in [-0.2, -0.15) is 0 Å². The minimum atomic E-state index is 0.0549. The van der Waals surface area contributed by atoms with Gasteiger partial charge in [0.15, 0.2) is 5.78 Å². The van der Waals surface area contributed by atoms with Crippen LogP contribution in [0.15, 0.2) is 24.3 Å². The van der Waals surface area contributed by atoms with E-state index >= 15 is 0 Å². The second-order valence-corrected chi connectivity index (χ2v) is 4.31. The molecule has 1 fully saturated rings. The molecule has 0 radical (unpaired) electrons. The van der Waals surface area contributed by atoms with Crippen LogP contribution < -0.4 is 4.90 Å². The van der Waals surface area contributed by atoms with Crippen LogP contribution in [-0.4, -0.2) is 23.6 Å². The summed E-state index contributed by atoms with van der Waals surface area (Å²) in [6.07, 6.45) is 1.54. The summed E-state index contributed by atoms with van der Waals surface area (Å²) in [5.74, 6) is 0.221. The van der Waals surface area contributed by atoms with Crippen LogP contribution in [0.25, 0.3) is 0 Å². The summed E-state index contributed by atoms with van der Waals surface area (Å²) >= 11 is 3.13. The summed E-state index contributed by atoms with van der Waals surface area (Å²) < 4.78 is 0. The van der Waals surface area contributed by atoms with E-state index in [-0.39, 0.29) is 11.7 Å². The molecule has 0 saturated carbocycles. The highest BCUT2D eigenvalue weighted by Gasteiger charge is 2.21. The molecule has 0 aromatic heterocycles. The van der Waals surface area contributed by atoms with Crippen LogP contribution in [0.5, 0.6) is 0 Å². The maximum Gasteiger partial charge on any atom is 0.227 e.